The van der Waals surface area contributed by atoms with Crippen molar-refractivity contribution in [1.82, 2.24) is 10.9 Å². The summed E-state index contributed by atoms with van der Waals surface area (Å²) in [6.07, 6.45) is 0.674. The molecular weight excluding hydrogens is 346 g/mol. The maximum absolute atomic E-state index is 12.8. The third-order valence-electron chi connectivity index (χ3n) is 4.28. The Hall–Kier alpha value is -3.48. The molecule has 2 aromatic rings. The summed E-state index contributed by atoms with van der Waals surface area (Å²) in [7, 11) is 0. The fourth-order valence-electron chi connectivity index (χ4n) is 3.00. The number of carbonyl (C=O) groups is 4. The Morgan fingerprint density at radius 2 is 1.63 bits per heavy atom. The van der Waals surface area contributed by atoms with Gasteiger partial charge in [0.2, 0.25) is 5.91 Å². The van der Waals surface area contributed by atoms with Crippen molar-refractivity contribution in [3.8, 4) is 0 Å². The molecule has 1 aliphatic rings. The first-order chi connectivity index (χ1) is 13.0. The lowest BCUT2D eigenvalue weighted by molar-refractivity contribution is -0.132. The number of nitrogens with one attached hydrogen (secondary N) is 2. The van der Waals surface area contributed by atoms with Gasteiger partial charge in [-0.05, 0) is 30.7 Å². The van der Waals surface area contributed by atoms with Crippen LogP contribution in [0.5, 0.6) is 0 Å². The lowest BCUT2D eigenvalue weighted by atomic mass is 9.89. The first-order valence-corrected chi connectivity index (χ1v) is 8.64. The molecule has 2 aromatic carbocycles. The second-order valence-electron chi connectivity index (χ2n) is 6.11. The summed E-state index contributed by atoms with van der Waals surface area (Å²) in [5.41, 5.74) is 5.61. The Morgan fingerprint density at radius 1 is 0.963 bits per heavy atom. The molecule has 2 N–H and O–H groups in total. The average molecular weight is 365 g/mol. The van der Waals surface area contributed by atoms with E-state index in [1.807, 2.05) is 6.92 Å². The molecule has 27 heavy (non-hydrogen) atoms. The lowest BCUT2D eigenvalue weighted by Gasteiger charge is -2.32. The minimum atomic E-state index is -1.53. The molecule has 1 atom stereocenters. The molecule has 1 unspecified atom stereocenters. The number of amides is 3. The van der Waals surface area contributed by atoms with E-state index in [4.69, 9.17) is 0 Å². The van der Waals surface area contributed by atoms with Crippen LogP contribution in [0.25, 0.3) is 0 Å². The largest absolute Gasteiger partial charge is 0.311 e. The molecule has 7 nitrogen and oxygen atoms in total. The molecular formula is C20H19N3O4. The van der Waals surface area contributed by atoms with Crippen LogP contribution < -0.4 is 15.8 Å². The summed E-state index contributed by atoms with van der Waals surface area (Å²) in [6, 6.07) is 15.0. The molecule has 0 spiro atoms. The number of para-hydroxylation sites is 1. The van der Waals surface area contributed by atoms with Crippen LogP contribution >= 0.6 is 0 Å². The van der Waals surface area contributed by atoms with E-state index in [-0.39, 0.29) is 0 Å². The van der Waals surface area contributed by atoms with Gasteiger partial charge >= 0.3 is 0 Å². The topological polar surface area (TPSA) is 95.6 Å². The van der Waals surface area contributed by atoms with Crippen LogP contribution in [0.4, 0.5) is 5.69 Å². The quantitative estimate of drug-likeness (QED) is 0.637. The van der Waals surface area contributed by atoms with Crippen LogP contribution in [0.3, 0.4) is 0 Å². The summed E-state index contributed by atoms with van der Waals surface area (Å²) in [4.78, 5) is 51.5. The van der Waals surface area contributed by atoms with Gasteiger partial charge in [0, 0.05) is 17.7 Å². The van der Waals surface area contributed by atoms with E-state index in [1.54, 1.807) is 54.6 Å². The van der Waals surface area contributed by atoms with Crippen LogP contribution in [0.1, 0.15) is 34.1 Å². The summed E-state index contributed by atoms with van der Waals surface area (Å²) in [5, 5.41) is 0. The van der Waals surface area contributed by atoms with Crippen molar-refractivity contribution in [2.75, 3.05) is 11.4 Å². The molecule has 0 aliphatic carbocycles. The molecule has 3 rings (SSSR count). The summed E-state index contributed by atoms with van der Waals surface area (Å²) >= 11 is 0. The molecule has 3 amide bonds. The van der Waals surface area contributed by atoms with E-state index in [0.717, 1.165) is 0 Å². The molecule has 0 radical (unpaired) electrons. The number of benzene rings is 2. The zero-order valence-corrected chi connectivity index (χ0v) is 14.8. The fourth-order valence-corrected chi connectivity index (χ4v) is 3.00. The van der Waals surface area contributed by atoms with Crippen LogP contribution in [-0.4, -0.2) is 30.0 Å². The molecule has 0 bridgehead atoms. The number of carbonyl (C=O) groups excluding carboxylic acids is 4. The number of hydrazine groups is 1. The monoisotopic (exact) mass is 365 g/mol. The Bertz CT molecular complexity index is 895. The van der Waals surface area contributed by atoms with E-state index >= 15 is 0 Å². The highest BCUT2D eigenvalue weighted by atomic mass is 16.2. The fraction of sp³-hybridized carbons (Fsp3) is 0.200. The van der Waals surface area contributed by atoms with Gasteiger partial charge in [0.25, 0.3) is 11.8 Å². The highest BCUT2D eigenvalue weighted by Gasteiger charge is 2.43. The zero-order chi connectivity index (χ0) is 19.4. The number of rotatable bonds is 4. The van der Waals surface area contributed by atoms with Crippen LogP contribution in [0.15, 0.2) is 54.6 Å². The maximum Gasteiger partial charge on any atom is 0.269 e. The van der Waals surface area contributed by atoms with Gasteiger partial charge in [-0.3, -0.25) is 30.0 Å². The van der Waals surface area contributed by atoms with Crippen LogP contribution in [0, 0.1) is 5.92 Å². The molecule has 138 valence electrons. The van der Waals surface area contributed by atoms with Gasteiger partial charge in [-0.25, -0.2) is 0 Å². The smallest absolute Gasteiger partial charge is 0.269 e. The van der Waals surface area contributed by atoms with Crippen molar-refractivity contribution < 1.29 is 19.2 Å². The van der Waals surface area contributed by atoms with Crippen LogP contribution in [-0.2, 0) is 9.59 Å². The lowest BCUT2D eigenvalue weighted by Crippen LogP contribution is -2.54. The number of fused-ring (bicyclic) bond motifs is 1. The van der Waals surface area contributed by atoms with Crippen molar-refractivity contribution in [3.63, 3.8) is 0 Å². The zero-order valence-electron chi connectivity index (χ0n) is 14.8. The summed E-state index contributed by atoms with van der Waals surface area (Å²) < 4.78 is 0. The number of ketones is 1. The van der Waals surface area contributed by atoms with Gasteiger partial charge in [-0.15, -0.1) is 0 Å². The van der Waals surface area contributed by atoms with Gasteiger partial charge in [0.15, 0.2) is 11.7 Å². The standard InChI is InChI=1S/C20H19N3O4/c1-2-12-23-15-11-7-6-10-14(15)17(24)16(20(23)27)19(26)22-21-18(25)13-8-4-3-5-9-13/h3-11,16H,2,12H2,1H3,(H,21,25)(H,22,26). The molecule has 1 aliphatic heterocycles. The Labute approximate surface area is 156 Å². The third kappa shape index (κ3) is 3.57. The van der Waals surface area contributed by atoms with E-state index in [9.17, 15) is 19.2 Å². The van der Waals surface area contributed by atoms with E-state index in [2.05, 4.69) is 10.9 Å². The minimum Gasteiger partial charge on any atom is -0.311 e. The molecule has 7 heteroatoms. The second-order valence-corrected chi connectivity index (χ2v) is 6.11. The second kappa shape index (κ2) is 7.82. The Morgan fingerprint density at radius 3 is 2.33 bits per heavy atom. The number of hydrogen-bond donors (Lipinski definition) is 2. The predicted molar refractivity (Wildman–Crippen MR) is 99.0 cm³/mol. The van der Waals surface area contributed by atoms with Gasteiger partial charge < -0.3 is 4.90 Å². The van der Waals surface area contributed by atoms with E-state index in [0.29, 0.717) is 29.8 Å². The highest BCUT2D eigenvalue weighted by Crippen LogP contribution is 2.30. The summed E-state index contributed by atoms with van der Waals surface area (Å²) in [6.45, 7) is 2.30. The van der Waals surface area contributed by atoms with Gasteiger partial charge in [-0.1, -0.05) is 37.3 Å². The van der Waals surface area contributed by atoms with Gasteiger partial charge in [0.05, 0.1) is 5.69 Å². The van der Waals surface area contributed by atoms with Crippen molar-refractivity contribution in [2.45, 2.75) is 13.3 Å². The SMILES string of the molecule is CCCN1C(=O)C(C(=O)NNC(=O)c2ccccc2)C(=O)c2ccccc21. The Balaban J connectivity index is 1.79. The first kappa shape index (κ1) is 18.3. The maximum atomic E-state index is 12.8. The van der Waals surface area contributed by atoms with Crippen molar-refractivity contribution in [1.29, 1.82) is 0 Å². The van der Waals surface area contributed by atoms with E-state index < -0.39 is 29.4 Å². The normalized spacial score (nSPS) is 15.9. The minimum absolute atomic E-state index is 0.320. The average Bonchev–Trinajstić information content (AvgIpc) is 2.70. The molecule has 1 heterocycles. The number of anilines is 1. The van der Waals surface area contributed by atoms with E-state index in [1.165, 1.54) is 4.90 Å². The number of Topliss-reactive ketones (excluding diaryl/α,β-unsaturated/α-hetero) is 1. The van der Waals surface area contributed by atoms with Crippen molar-refractivity contribution >= 4 is 29.2 Å². The number of nitrogens with zero attached hydrogens (tertiary/aromatic N) is 1. The molecule has 0 saturated heterocycles. The molecule has 0 fully saturated rings. The third-order valence-corrected chi connectivity index (χ3v) is 4.28. The van der Waals surface area contributed by atoms with Gasteiger partial charge in [0.1, 0.15) is 0 Å². The van der Waals surface area contributed by atoms with Gasteiger partial charge in [-0.2, -0.15) is 0 Å². The molecule has 0 aromatic heterocycles. The molecule has 0 saturated carbocycles. The van der Waals surface area contributed by atoms with Crippen molar-refractivity contribution in [2.24, 2.45) is 5.92 Å². The number of hydrogen-bond acceptors (Lipinski definition) is 4. The van der Waals surface area contributed by atoms with Crippen molar-refractivity contribution in [3.05, 3.63) is 65.7 Å². The first-order valence-electron chi connectivity index (χ1n) is 8.64. The predicted octanol–water partition coefficient (Wildman–Crippen LogP) is 1.70. The van der Waals surface area contributed by atoms with Crippen LogP contribution in [0.2, 0.25) is 0 Å². The Kier molecular flexibility index (Phi) is 5.30. The summed E-state index contributed by atoms with van der Waals surface area (Å²) in [5.74, 6) is -4.08. The highest BCUT2D eigenvalue weighted by molar-refractivity contribution is 6.31.